The summed E-state index contributed by atoms with van der Waals surface area (Å²) >= 11 is 0. The average Bonchev–Trinajstić information content (AvgIpc) is 2.73. The summed E-state index contributed by atoms with van der Waals surface area (Å²) in [5.74, 6) is -0.379. The second kappa shape index (κ2) is 9.30. The normalized spacial score (nSPS) is 10.9. The molecule has 0 aromatic heterocycles. The summed E-state index contributed by atoms with van der Waals surface area (Å²) in [6.45, 7) is 0.902. The van der Waals surface area contributed by atoms with Crippen LogP contribution in [0.15, 0.2) is 48.5 Å². The maximum atomic E-state index is 12.3. The van der Waals surface area contributed by atoms with Gasteiger partial charge in [0.05, 0.1) is 0 Å². The fourth-order valence-corrected chi connectivity index (χ4v) is 3.10. The van der Waals surface area contributed by atoms with Crippen molar-refractivity contribution in [3.8, 4) is 0 Å². The molecule has 2 amide bonds. The summed E-state index contributed by atoms with van der Waals surface area (Å²) in [7, 11) is 0. The van der Waals surface area contributed by atoms with Gasteiger partial charge in [0.1, 0.15) is 0 Å². The molecule has 3 rings (SSSR count). The molecule has 0 fully saturated rings. The Labute approximate surface area is 163 Å². The quantitative estimate of drug-likeness (QED) is 0.356. The number of fused-ring (bicyclic) bond motifs is 3. The molecule has 0 spiro atoms. The summed E-state index contributed by atoms with van der Waals surface area (Å²) in [6.07, 6.45) is 1.02. The van der Waals surface area contributed by atoms with Crippen LogP contribution in [-0.2, 0) is 0 Å². The van der Waals surface area contributed by atoms with Crippen molar-refractivity contribution >= 4 is 33.4 Å². The van der Waals surface area contributed by atoms with Crippen LogP contribution in [0.4, 0.5) is 0 Å². The number of hydrogen-bond acceptors (Lipinski definition) is 4. The van der Waals surface area contributed by atoms with Gasteiger partial charge in [0.15, 0.2) is 0 Å². The van der Waals surface area contributed by atoms with Gasteiger partial charge in [-0.1, -0.05) is 24.3 Å². The molecule has 0 aliphatic rings. The number of amides is 2. The average molecular weight is 380 g/mol. The highest BCUT2D eigenvalue weighted by Gasteiger charge is 2.10. The third-order valence-corrected chi connectivity index (χ3v) is 4.60. The number of carbonyl (C=O) groups is 2. The Morgan fingerprint density at radius 2 is 1.07 bits per heavy atom. The van der Waals surface area contributed by atoms with Gasteiger partial charge in [-0.05, 0) is 58.7 Å². The van der Waals surface area contributed by atoms with Gasteiger partial charge in [-0.25, -0.2) is 0 Å². The van der Waals surface area contributed by atoms with Crippen molar-refractivity contribution in [2.75, 3.05) is 26.3 Å². The van der Waals surface area contributed by atoms with Crippen LogP contribution in [0.25, 0.3) is 21.5 Å². The van der Waals surface area contributed by atoms with Gasteiger partial charge in [0, 0.05) is 37.4 Å². The first-order chi connectivity index (χ1) is 13.6. The fraction of sp³-hybridized carbons (Fsp3) is 0.273. The van der Waals surface area contributed by atoms with Gasteiger partial charge in [-0.15, -0.1) is 0 Å². The number of hydrogen-bond donors (Lipinski definition) is 4. The largest absolute Gasteiger partial charge is 0.396 e. The molecule has 3 aromatic rings. The summed E-state index contributed by atoms with van der Waals surface area (Å²) in [5, 5.41) is 27.0. The van der Waals surface area contributed by atoms with E-state index in [0.29, 0.717) is 37.1 Å². The van der Waals surface area contributed by atoms with Gasteiger partial charge in [0.25, 0.3) is 11.8 Å². The predicted octanol–water partition coefficient (Wildman–Crippen LogP) is 2.22. The Bertz CT molecular complexity index is 920. The smallest absolute Gasteiger partial charge is 0.251 e. The van der Waals surface area contributed by atoms with Gasteiger partial charge in [-0.2, -0.15) is 0 Å². The lowest BCUT2D eigenvalue weighted by Crippen LogP contribution is -2.25. The molecular formula is C22H24N2O4. The van der Waals surface area contributed by atoms with Gasteiger partial charge in [0.2, 0.25) is 0 Å². The second-order valence-corrected chi connectivity index (χ2v) is 6.60. The van der Waals surface area contributed by atoms with E-state index in [1.54, 1.807) is 12.1 Å². The molecule has 146 valence electrons. The lowest BCUT2D eigenvalue weighted by Gasteiger charge is -2.10. The first-order valence-electron chi connectivity index (χ1n) is 9.38. The summed E-state index contributed by atoms with van der Waals surface area (Å²) in [6, 6.07) is 15.0. The van der Waals surface area contributed by atoms with E-state index in [1.807, 2.05) is 36.4 Å². The van der Waals surface area contributed by atoms with Crippen LogP contribution < -0.4 is 10.6 Å². The highest BCUT2D eigenvalue weighted by atomic mass is 16.3. The standard InChI is InChI=1S/C22H24N2O4/c25-11-1-9-23-21(27)17-7-5-15-3-4-16-6-8-18(14-20(16)19(15)13-17)22(28)24-10-2-12-26/h3-8,13-14,25-26H,1-2,9-12H2,(H,23,27)(H,24,28). The molecule has 0 radical (unpaired) electrons. The number of aliphatic hydroxyl groups excluding tert-OH is 2. The lowest BCUT2D eigenvalue weighted by molar-refractivity contribution is 0.0942. The zero-order chi connectivity index (χ0) is 19.9. The third-order valence-electron chi connectivity index (χ3n) is 4.60. The molecule has 0 atom stereocenters. The van der Waals surface area contributed by atoms with E-state index < -0.39 is 0 Å². The van der Waals surface area contributed by atoms with Crippen molar-refractivity contribution in [3.05, 3.63) is 59.7 Å². The first kappa shape index (κ1) is 19.8. The van der Waals surface area contributed by atoms with E-state index in [2.05, 4.69) is 10.6 Å². The Morgan fingerprint density at radius 1 is 0.679 bits per heavy atom. The molecule has 28 heavy (non-hydrogen) atoms. The number of benzene rings is 3. The minimum atomic E-state index is -0.190. The van der Waals surface area contributed by atoms with E-state index in [0.717, 1.165) is 21.5 Å². The number of nitrogens with one attached hydrogen (secondary N) is 2. The Morgan fingerprint density at radius 3 is 1.46 bits per heavy atom. The Balaban J connectivity index is 1.96. The molecule has 6 nitrogen and oxygen atoms in total. The van der Waals surface area contributed by atoms with Crippen LogP contribution in [0.1, 0.15) is 33.6 Å². The monoisotopic (exact) mass is 380 g/mol. The molecule has 0 bridgehead atoms. The molecule has 3 aromatic carbocycles. The first-order valence-corrected chi connectivity index (χ1v) is 9.38. The SMILES string of the molecule is O=C(NCCCO)c1ccc2ccc3ccc(C(=O)NCCCO)cc3c2c1. The van der Waals surface area contributed by atoms with Crippen LogP contribution in [0.2, 0.25) is 0 Å². The predicted molar refractivity (Wildman–Crippen MR) is 110 cm³/mol. The van der Waals surface area contributed by atoms with Crippen molar-refractivity contribution < 1.29 is 19.8 Å². The minimum absolute atomic E-state index is 0.0335. The molecule has 4 N–H and O–H groups in total. The minimum Gasteiger partial charge on any atom is -0.396 e. The molecule has 0 saturated heterocycles. The van der Waals surface area contributed by atoms with Crippen LogP contribution in [0.5, 0.6) is 0 Å². The van der Waals surface area contributed by atoms with Gasteiger partial charge in [-0.3, -0.25) is 9.59 Å². The van der Waals surface area contributed by atoms with Gasteiger partial charge < -0.3 is 20.8 Å². The molecule has 0 unspecified atom stereocenters. The van der Waals surface area contributed by atoms with Crippen LogP contribution in [0.3, 0.4) is 0 Å². The summed E-state index contributed by atoms with van der Waals surface area (Å²) in [5.41, 5.74) is 1.08. The van der Waals surface area contributed by atoms with E-state index >= 15 is 0 Å². The van der Waals surface area contributed by atoms with E-state index in [-0.39, 0.29) is 25.0 Å². The maximum absolute atomic E-state index is 12.3. The van der Waals surface area contributed by atoms with Crippen molar-refractivity contribution in [2.24, 2.45) is 0 Å². The van der Waals surface area contributed by atoms with E-state index in [4.69, 9.17) is 10.2 Å². The zero-order valence-corrected chi connectivity index (χ0v) is 15.6. The van der Waals surface area contributed by atoms with E-state index in [1.165, 1.54) is 0 Å². The maximum Gasteiger partial charge on any atom is 0.251 e. The summed E-state index contributed by atoms with van der Waals surface area (Å²) < 4.78 is 0. The topological polar surface area (TPSA) is 98.7 Å². The van der Waals surface area contributed by atoms with Crippen LogP contribution in [-0.4, -0.2) is 48.3 Å². The molecule has 0 heterocycles. The zero-order valence-electron chi connectivity index (χ0n) is 15.6. The molecule has 0 saturated carbocycles. The number of rotatable bonds is 8. The fourth-order valence-electron chi connectivity index (χ4n) is 3.10. The highest BCUT2D eigenvalue weighted by Crippen LogP contribution is 2.27. The van der Waals surface area contributed by atoms with Crippen LogP contribution >= 0.6 is 0 Å². The molecule has 0 aliphatic heterocycles. The molecule has 6 heteroatoms. The van der Waals surface area contributed by atoms with Crippen LogP contribution in [0, 0.1) is 0 Å². The van der Waals surface area contributed by atoms with E-state index in [9.17, 15) is 9.59 Å². The van der Waals surface area contributed by atoms with Crippen molar-refractivity contribution in [1.82, 2.24) is 10.6 Å². The lowest BCUT2D eigenvalue weighted by atomic mass is 9.98. The Kier molecular flexibility index (Phi) is 6.57. The Hall–Kier alpha value is -2.96. The highest BCUT2D eigenvalue weighted by molar-refractivity contribution is 6.12. The summed E-state index contributed by atoms with van der Waals surface area (Å²) in [4.78, 5) is 24.7. The number of carbonyl (C=O) groups excluding carboxylic acids is 2. The second-order valence-electron chi connectivity index (χ2n) is 6.60. The molecule has 0 aliphatic carbocycles. The van der Waals surface area contributed by atoms with Crippen molar-refractivity contribution in [2.45, 2.75) is 12.8 Å². The third kappa shape index (κ3) is 4.47. The molecular weight excluding hydrogens is 356 g/mol. The van der Waals surface area contributed by atoms with Crippen molar-refractivity contribution in [3.63, 3.8) is 0 Å². The number of aliphatic hydroxyl groups is 2. The van der Waals surface area contributed by atoms with Gasteiger partial charge >= 0.3 is 0 Å². The van der Waals surface area contributed by atoms with Crippen molar-refractivity contribution in [1.29, 1.82) is 0 Å².